The summed E-state index contributed by atoms with van der Waals surface area (Å²) in [5, 5.41) is 6.52. The van der Waals surface area contributed by atoms with Crippen molar-refractivity contribution in [1.82, 2.24) is 15.5 Å². The number of amides is 1. The smallest absolute Gasteiger partial charge is 0.228 e. The number of carbonyl (C=O) groups is 1. The maximum absolute atomic E-state index is 12.0. The van der Waals surface area contributed by atoms with E-state index in [0.717, 1.165) is 4.88 Å². The van der Waals surface area contributed by atoms with Crippen molar-refractivity contribution in [3.63, 3.8) is 0 Å². The van der Waals surface area contributed by atoms with Crippen molar-refractivity contribution in [3.05, 3.63) is 33.6 Å². The third kappa shape index (κ3) is 2.88. The van der Waals surface area contributed by atoms with Crippen LogP contribution in [0.1, 0.15) is 36.5 Å². The first-order chi connectivity index (χ1) is 8.58. The van der Waals surface area contributed by atoms with Crippen molar-refractivity contribution in [1.29, 1.82) is 0 Å². The van der Waals surface area contributed by atoms with Crippen LogP contribution >= 0.6 is 22.9 Å². The number of hydrogen-bond acceptors (Lipinski definition) is 5. The van der Waals surface area contributed by atoms with Crippen LogP contribution in [0.3, 0.4) is 0 Å². The predicted molar refractivity (Wildman–Crippen MR) is 68.6 cm³/mol. The second kappa shape index (κ2) is 5.49. The van der Waals surface area contributed by atoms with E-state index in [-0.39, 0.29) is 17.9 Å². The molecule has 2 atom stereocenters. The van der Waals surface area contributed by atoms with Crippen LogP contribution < -0.4 is 5.32 Å². The van der Waals surface area contributed by atoms with Gasteiger partial charge in [-0.2, -0.15) is 4.98 Å². The minimum absolute atomic E-state index is 0.0918. The first kappa shape index (κ1) is 13.0. The fourth-order valence-corrected chi connectivity index (χ4v) is 2.57. The van der Waals surface area contributed by atoms with Crippen LogP contribution in [0.4, 0.5) is 0 Å². The minimum Gasteiger partial charge on any atom is -0.346 e. The molecule has 96 valence electrons. The fourth-order valence-electron chi connectivity index (χ4n) is 1.46. The maximum atomic E-state index is 12.0. The standard InChI is InChI=1S/C11H12ClN3O2S/c1-6(8-3-4-9(12)18-8)11(16)14-7(2)10-13-5-17-15-10/h3-7H,1-2H3,(H,14,16)/t6-,7+/m1/s1. The average molecular weight is 286 g/mol. The van der Waals surface area contributed by atoms with Crippen molar-refractivity contribution in [2.24, 2.45) is 0 Å². The number of rotatable bonds is 4. The highest BCUT2D eigenvalue weighted by atomic mass is 35.5. The average Bonchev–Trinajstić information content (AvgIpc) is 2.98. The molecule has 2 heterocycles. The molecule has 5 nitrogen and oxygen atoms in total. The molecule has 0 fully saturated rings. The van der Waals surface area contributed by atoms with Crippen LogP contribution in [-0.2, 0) is 4.79 Å². The molecule has 2 rings (SSSR count). The summed E-state index contributed by atoms with van der Waals surface area (Å²) in [5.41, 5.74) is 0. The topological polar surface area (TPSA) is 68.0 Å². The summed E-state index contributed by atoms with van der Waals surface area (Å²) in [4.78, 5) is 16.8. The Morgan fingerprint density at radius 1 is 1.50 bits per heavy atom. The van der Waals surface area contributed by atoms with E-state index >= 15 is 0 Å². The molecule has 0 spiro atoms. The zero-order valence-corrected chi connectivity index (χ0v) is 11.5. The van der Waals surface area contributed by atoms with Gasteiger partial charge in [-0.1, -0.05) is 16.8 Å². The molecular formula is C11H12ClN3O2S. The van der Waals surface area contributed by atoms with Crippen LogP contribution in [0.15, 0.2) is 23.0 Å². The van der Waals surface area contributed by atoms with Crippen molar-refractivity contribution >= 4 is 28.8 Å². The van der Waals surface area contributed by atoms with Crippen LogP contribution in [0.2, 0.25) is 4.34 Å². The first-order valence-electron chi connectivity index (χ1n) is 5.40. The van der Waals surface area contributed by atoms with Crippen molar-refractivity contribution in [2.75, 3.05) is 0 Å². The van der Waals surface area contributed by atoms with Gasteiger partial charge in [-0.3, -0.25) is 4.79 Å². The zero-order valence-electron chi connectivity index (χ0n) is 9.88. The minimum atomic E-state index is -0.283. The van der Waals surface area contributed by atoms with E-state index in [9.17, 15) is 4.79 Å². The van der Waals surface area contributed by atoms with Gasteiger partial charge in [0.1, 0.15) is 0 Å². The van der Waals surface area contributed by atoms with E-state index in [0.29, 0.717) is 10.2 Å². The molecule has 18 heavy (non-hydrogen) atoms. The molecule has 2 aromatic heterocycles. The summed E-state index contributed by atoms with van der Waals surface area (Å²) in [6.45, 7) is 3.64. The Labute approximate surface area is 113 Å². The summed E-state index contributed by atoms with van der Waals surface area (Å²) in [7, 11) is 0. The van der Waals surface area contributed by atoms with Gasteiger partial charge < -0.3 is 9.84 Å². The highest BCUT2D eigenvalue weighted by molar-refractivity contribution is 7.16. The largest absolute Gasteiger partial charge is 0.346 e. The number of thiophene rings is 1. The van der Waals surface area contributed by atoms with E-state index in [1.54, 1.807) is 13.0 Å². The molecule has 0 radical (unpaired) electrons. The Kier molecular flexibility index (Phi) is 3.98. The number of halogens is 1. The Bertz CT molecular complexity index is 526. The number of nitrogens with zero attached hydrogens (tertiary/aromatic N) is 2. The molecule has 0 aliphatic rings. The van der Waals surface area contributed by atoms with Crippen molar-refractivity contribution in [2.45, 2.75) is 25.8 Å². The number of aromatic nitrogens is 2. The van der Waals surface area contributed by atoms with E-state index in [1.165, 1.54) is 17.7 Å². The summed E-state index contributed by atoms with van der Waals surface area (Å²) in [6, 6.07) is 3.36. The molecule has 7 heteroatoms. The molecule has 2 aromatic rings. The Morgan fingerprint density at radius 2 is 2.28 bits per heavy atom. The molecule has 0 unspecified atom stereocenters. The predicted octanol–water partition coefficient (Wildman–Crippen LogP) is 2.77. The van der Waals surface area contributed by atoms with Crippen LogP contribution in [0.5, 0.6) is 0 Å². The van der Waals surface area contributed by atoms with E-state index in [4.69, 9.17) is 11.6 Å². The lowest BCUT2D eigenvalue weighted by Crippen LogP contribution is -2.30. The molecule has 1 amide bonds. The first-order valence-corrected chi connectivity index (χ1v) is 6.59. The van der Waals surface area contributed by atoms with Gasteiger partial charge in [0.2, 0.25) is 12.3 Å². The van der Waals surface area contributed by atoms with Crippen LogP contribution in [-0.4, -0.2) is 16.0 Å². The molecule has 0 aliphatic carbocycles. The Morgan fingerprint density at radius 3 is 2.83 bits per heavy atom. The van der Waals surface area contributed by atoms with Crippen LogP contribution in [0.25, 0.3) is 0 Å². The van der Waals surface area contributed by atoms with Gasteiger partial charge in [-0.25, -0.2) is 0 Å². The third-order valence-electron chi connectivity index (χ3n) is 2.54. The van der Waals surface area contributed by atoms with Gasteiger partial charge in [0.25, 0.3) is 0 Å². The lowest BCUT2D eigenvalue weighted by molar-refractivity contribution is -0.122. The van der Waals surface area contributed by atoms with Gasteiger partial charge in [0.15, 0.2) is 5.82 Å². The molecule has 0 aliphatic heterocycles. The summed E-state index contributed by atoms with van der Waals surface area (Å²) in [6.07, 6.45) is 1.24. The van der Waals surface area contributed by atoms with Gasteiger partial charge in [-0.15, -0.1) is 11.3 Å². The maximum Gasteiger partial charge on any atom is 0.228 e. The summed E-state index contributed by atoms with van der Waals surface area (Å²) >= 11 is 7.25. The van der Waals surface area contributed by atoms with Gasteiger partial charge >= 0.3 is 0 Å². The number of hydrogen-bond donors (Lipinski definition) is 1. The van der Waals surface area contributed by atoms with E-state index < -0.39 is 0 Å². The highest BCUT2D eigenvalue weighted by Gasteiger charge is 2.20. The zero-order chi connectivity index (χ0) is 13.1. The normalized spacial score (nSPS) is 14.2. The molecule has 0 bridgehead atoms. The Hall–Kier alpha value is -1.40. The van der Waals surface area contributed by atoms with Crippen molar-refractivity contribution < 1.29 is 9.32 Å². The molecular weight excluding hydrogens is 274 g/mol. The summed E-state index contributed by atoms with van der Waals surface area (Å²) < 4.78 is 5.31. The van der Waals surface area contributed by atoms with Crippen LogP contribution in [0, 0.1) is 0 Å². The Balaban J connectivity index is 1.99. The number of carbonyl (C=O) groups excluding carboxylic acids is 1. The molecule has 1 N–H and O–H groups in total. The summed E-state index contributed by atoms with van der Waals surface area (Å²) in [5.74, 6) is 0.113. The molecule has 0 saturated carbocycles. The second-order valence-electron chi connectivity index (χ2n) is 3.88. The lowest BCUT2D eigenvalue weighted by Gasteiger charge is -2.14. The van der Waals surface area contributed by atoms with E-state index in [2.05, 4.69) is 20.0 Å². The monoisotopic (exact) mass is 285 g/mol. The highest BCUT2D eigenvalue weighted by Crippen LogP contribution is 2.28. The van der Waals surface area contributed by atoms with Gasteiger partial charge in [0, 0.05) is 4.88 Å². The molecule has 0 saturated heterocycles. The number of nitrogens with one attached hydrogen (secondary N) is 1. The third-order valence-corrected chi connectivity index (χ3v) is 3.95. The van der Waals surface area contributed by atoms with E-state index in [1.807, 2.05) is 13.0 Å². The van der Waals surface area contributed by atoms with Gasteiger partial charge in [-0.05, 0) is 26.0 Å². The quantitative estimate of drug-likeness (QED) is 0.938. The lowest BCUT2D eigenvalue weighted by atomic mass is 10.1. The molecule has 0 aromatic carbocycles. The van der Waals surface area contributed by atoms with Crippen molar-refractivity contribution in [3.8, 4) is 0 Å². The SMILES string of the molecule is C[C@H](NC(=O)[C@H](C)c1ccc(Cl)s1)c1ncon1. The van der Waals surface area contributed by atoms with Gasteiger partial charge in [0.05, 0.1) is 16.3 Å². The second-order valence-corrected chi connectivity index (χ2v) is 5.63. The fraction of sp³-hybridized carbons (Fsp3) is 0.364.